The lowest BCUT2D eigenvalue weighted by molar-refractivity contribution is -0.128. The Morgan fingerprint density at radius 1 is 1.38 bits per heavy atom. The van der Waals surface area contributed by atoms with Crippen molar-refractivity contribution in [2.45, 2.75) is 13.3 Å². The van der Waals surface area contributed by atoms with Gasteiger partial charge < -0.3 is 9.80 Å². The predicted octanol–water partition coefficient (Wildman–Crippen LogP) is 0.973. The van der Waals surface area contributed by atoms with Crippen LogP contribution in [0.3, 0.4) is 0 Å². The second-order valence-electron chi connectivity index (χ2n) is 3.41. The zero-order chi connectivity index (χ0) is 10.3. The standard InChI is InChI=1S/C10H20N2O/c1-5-7-12(10(2)13)9-6-8-11(3)4/h5H,1,6-9H2,2-4H3. The van der Waals surface area contributed by atoms with Gasteiger partial charge in [-0.2, -0.15) is 0 Å². The summed E-state index contributed by atoms with van der Waals surface area (Å²) in [6, 6.07) is 0. The van der Waals surface area contributed by atoms with Gasteiger partial charge in [0.1, 0.15) is 0 Å². The Balaban J connectivity index is 3.69. The van der Waals surface area contributed by atoms with E-state index < -0.39 is 0 Å². The Kier molecular flexibility index (Phi) is 6.24. The molecular weight excluding hydrogens is 164 g/mol. The van der Waals surface area contributed by atoms with E-state index in [2.05, 4.69) is 11.5 Å². The normalized spacial score (nSPS) is 10.2. The highest BCUT2D eigenvalue weighted by Crippen LogP contribution is 1.93. The van der Waals surface area contributed by atoms with Crippen molar-refractivity contribution in [3.05, 3.63) is 12.7 Å². The van der Waals surface area contributed by atoms with Gasteiger partial charge >= 0.3 is 0 Å². The average Bonchev–Trinajstić information content (AvgIpc) is 2.02. The van der Waals surface area contributed by atoms with Crippen molar-refractivity contribution in [3.8, 4) is 0 Å². The number of hydrogen-bond donors (Lipinski definition) is 0. The number of amides is 1. The number of carbonyl (C=O) groups excluding carboxylic acids is 1. The molecule has 1 amide bonds. The summed E-state index contributed by atoms with van der Waals surface area (Å²) in [5.74, 6) is 0.124. The molecule has 0 aromatic rings. The van der Waals surface area contributed by atoms with E-state index in [-0.39, 0.29) is 5.91 Å². The molecule has 0 aliphatic rings. The van der Waals surface area contributed by atoms with E-state index in [1.54, 1.807) is 17.9 Å². The van der Waals surface area contributed by atoms with E-state index >= 15 is 0 Å². The van der Waals surface area contributed by atoms with Crippen molar-refractivity contribution in [3.63, 3.8) is 0 Å². The summed E-state index contributed by atoms with van der Waals surface area (Å²) in [5.41, 5.74) is 0. The largest absolute Gasteiger partial charge is 0.339 e. The molecule has 0 heterocycles. The van der Waals surface area contributed by atoms with E-state index in [0.717, 1.165) is 19.5 Å². The fourth-order valence-corrected chi connectivity index (χ4v) is 1.11. The Morgan fingerprint density at radius 3 is 2.38 bits per heavy atom. The zero-order valence-corrected chi connectivity index (χ0v) is 8.92. The Morgan fingerprint density at radius 2 is 2.00 bits per heavy atom. The first-order chi connectivity index (χ1) is 6.07. The highest BCUT2D eigenvalue weighted by Gasteiger charge is 2.05. The van der Waals surface area contributed by atoms with Crippen LogP contribution in [0.4, 0.5) is 0 Å². The van der Waals surface area contributed by atoms with Crippen molar-refractivity contribution in [1.82, 2.24) is 9.80 Å². The molecule has 0 rings (SSSR count). The fourth-order valence-electron chi connectivity index (χ4n) is 1.11. The van der Waals surface area contributed by atoms with E-state index in [0.29, 0.717) is 6.54 Å². The van der Waals surface area contributed by atoms with E-state index in [9.17, 15) is 4.79 Å². The molecule has 3 heteroatoms. The number of carbonyl (C=O) groups is 1. The maximum atomic E-state index is 11.1. The molecule has 0 aromatic heterocycles. The van der Waals surface area contributed by atoms with Crippen LogP contribution in [0.2, 0.25) is 0 Å². The maximum Gasteiger partial charge on any atom is 0.219 e. The van der Waals surface area contributed by atoms with Crippen LogP contribution >= 0.6 is 0 Å². The first-order valence-electron chi connectivity index (χ1n) is 4.59. The van der Waals surface area contributed by atoms with Crippen LogP contribution in [0, 0.1) is 0 Å². The molecule has 0 spiro atoms. The predicted molar refractivity (Wildman–Crippen MR) is 55.6 cm³/mol. The van der Waals surface area contributed by atoms with Crippen LogP contribution in [0.25, 0.3) is 0 Å². The van der Waals surface area contributed by atoms with Gasteiger partial charge in [-0.1, -0.05) is 6.08 Å². The molecule has 0 atom stereocenters. The highest BCUT2D eigenvalue weighted by molar-refractivity contribution is 5.73. The third-order valence-electron chi connectivity index (χ3n) is 1.83. The van der Waals surface area contributed by atoms with Crippen molar-refractivity contribution >= 4 is 5.91 Å². The fraction of sp³-hybridized carbons (Fsp3) is 0.700. The van der Waals surface area contributed by atoms with E-state index in [1.165, 1.54) is 0 Å². The van der Waals surface area contributed by atoms with Gasteiger partial charge in [-0.05, 0) is 27.1 Å². The number of hydrogen-bond acceptors (Lipinski definition) is 2. The Labute approximate surface area is 81.0 Å². The first-order valence-corrected chi connectivity index (χ1v) is 4.59. The molecule has 13 heavy (non-hydrogen) atoms. The molecule has 0 saturated carbocycles. The summed E-state index contributed by atoms with van der Waals surface area (Å²) in [6.45, 7) is 7.71. The topological polar surface area (TPSA) is 23.6 Å². The Bertz CT molecular complexity index is 166. The van der Waals surface area contributed by atoms with Crippen molar-refractivity contribution in [1.29, 1.82) is 0 Å². The molecule has 0 aromatic carbocycles. The van der Waals surface area contributed by atoms with Crippen LogP contribution in [0.15, 0.2) is 12.7 Å². The van der Waals surface area contributed by atoms with Crippen LogP contribution in [-0.4, -0.2) is 49.4 Å². The lowest BCUT2D eigenvalue weighted by Crippen LogP contribution is -2.31. The van der Waals surface area contributed by atoms with Crippen LogP contribution in [-0.2, 0) is 4.79 Å². The van der Waals surface area contributed by atoms with Crippen LogP contribution in [0.5, 0.6) is 0 Å². The zero-order valence-electron chi connectivity index (χ0n) is 8.92. The summed E-state index contributed by atoms with van der Waals surface area (Å²) in [4.78, 5) is 15.0. The minimum atomic E-state index is 0.124. The second kappa shape index (κ2) is 6.66. The molecule has 76 valence electrons. The van der Waals surface area contributed by atoms with Gasteiger partial charge in [0, 0.05) is 20.0 Å². The molecule has 0 radical (unpaired) electrons. The molecular formula is C10H20N2O. The van der Waals surface area contributed by atoms with E-state index in [1.807, 2.05) is 14.1 Å². The summed E-state index contributed by atoms with van der Waals surface area (Å²) in [7, 11) is 4.07. The monoisotopic (exact) mass is 184 g/mol. The minimum Gasteiger partial charge on any atom is -0.339 e. The molecule has 3 nitrogen and oxygen atoms in total. The van der Waals surface area contributed by atoms with Gasteiger partial charge in [-0.3, -0.25) is 4.79 Å². The van der Waals surface area contributed by atoms with Crippen LogP contribution < -0.4 is 0 Å². The quantitative estimate of drug-likeness (QED) is 0.574. The van der Waals surface area contributed by atoms with Crippen molar-refractivity contribution in [2.24, 2.45) is 0 Å². The summed E-state index contributed by atoms with van der Waals surface area (Å²) < 4.78 is 0. The molecule has 0 aliphatic heterocycles. The van der Waals surface area contributed by atoms with Gasteiger partial charge in [0.15, 0.2) is 0 Å². The SMILES string of the molecule is C=CCN(CCCN(C)C)C(C)=O. The number of rotatable bonds is 6. The molecule has 0 fully saturated rings. The molecule has 0 bridgehead atoms. The molecule has 0 N–H and O–H groups in total. The lowest BCUT2D eigenvalue weighted by atomic mass is 10.3. The average molecular weight is 184 g/mol. The van der Waals surface area contributed by atoms with Gasteiger partial charge in [-0.25, -0.2) is 0 Å². The third-order valence-corrected chi connectivity index (χ3v) is 1.83. The van der Waals surface area contributed by atoms with Gasteiger partial charge in [0.2, 0.25) is 5.91 Å². The second-order valence-corrected chi connectivity index (χ2v) is 3.41. The summed E-state index contributed by atoms with van der Waals surface area (Å²) in [5, 5.41) is 0. The van der Waals surface area contributed by atoms with E-state index in [4.69, 9.17) is 0 Å². The summed E-state index contributed by atoms with van der Waals surface area (Å²) in [6.07, 6.45) is 2.78. The van der Waals surface area contributed by atoms with Gasteiger partial charge in [0.25, 0.3) is 0 Å². The smallest absolute Gasteiger partial charge is 0.219 e. The first kappa shape index (κ1) is 12.2. The third kappa shape index (κ3) is 6.34. The van der Waals surface area contributed by atoms with Crippen LogP contribution in [0.1, 0.15) is 13.3 Å². The van der Waals surface area contributed by atoms with Gasteiger partial charge in [-0.15, -0.1) is 6.58 Å². The minimum absolute atomic E-state index is 0.124. The highest BCUT2D eigenvalue weighted by atomic mass is 16.2. The van der Waals surface area contributed by atoms with Crippen molar-refractivity contribution < 1.29 is 4.79 Å². The summed E-state index contributed by atoms with van der Waals surface area (Å²) >= 11 is 0. The van der Waals surface area contributed by atoms with Gasteiger partial charge in [0.05, 0.1) is 0 Å². The number of nitrogens with zero attached hydrogens (tertiary/aromatic N) is 2. The lowest BCUT2D eigenvalue weighted by Gasteiger charge is -2.20. The molecule has 0 saturated heterocycles. The molecule has 0 unspecified atom stereocenters. The Hall–Kier alpha value is -0.830. The maximum absolute atomic E-state index is 11.1. The van der Waals surface area contributed by atoms with Crippen molar-refractivity contribution in [2.75, 3.05) is 33.7 Å². The molecule has 0 aliphatic carbocycles.